The summed E-state index contributed by atoms with van der Waals surface area (Å²) >= 11 is 0. The molecule has 0 heterocycles. The highest BCUT2D eigenvalue weighted by atomic mass is 14.7. The summed E-state index contributed by atoms with van der Waals surface area (Å²) in [4.78, 5) is 4.25. The van der Waals surface area contributed by atoms with Gasteiger partial charge in [0, 0.05) is 11.9 Å². The molecule has 0 unspecified atom stereocenters. The number of allylic oxidation sites excluding steroid dienone is 1. The van der Waals surface area contributed by atoms with Gasteiger partial charge in [-0.05, 0) is 49.3 Å². The predicted molar refractivity (Wildman–Crippen MR) is 67.4 cm³/mol. The Hall–Kier alpha value is -1.83. The second-order valence-electron chi connectivity index (χ2n) is 3.28. The van der Waals surface area contributed by atoms with Gasteiger partial charge in [0.05, 0.1) is 5.69 Å². The van der Waals surface area contributed by atoms with E-state index < -0.39 is 0 Å². The molecule has 0 saturated heterocycles. The molecule has 0 bridgehead atoms. The molecule has 1 aromatic carbocycles. The van der Waals surface area contributed by atoms with E-state index >= 15 is 0 Å². The summed E-state index contributed by atoms with van der Waals surface area (Å²) in [5.41, 5.74) is 9.53. The summed E-state index contributed by atoms with van der Waals surface area (Å²) in [6, 6.07) is 6.03. The molecule has 78 valence electrons. The van der Waals surface area contributed by atoms with E-state index in [1.54, 1.807) is 12.3 Å². The minimum absolute atomic E-state index is 0.668. The van der Waals surface area contributed by atoms with Crippen LogP contribution in [0.15, 0.2) is 41.5 Å². The van der Waals surface area contributed by atoms with Crippen molar-refractivity contribution in [2.75, 3.05) is 0 Å². The Morgan fingerprint density at radius 1 is 1.47 bits per heavy atom. The van der Waals surface area contributed by atoms with E-state index in [-0.39, 0.29) is 0 Å². The van der Waals surface area contributed by atoms with Gasteiger partial charge in [-0.15, -0.1) is 0 Å². The van der Waals surface area contributed by atoms with E-state index in [9.17, 15) is 0 Å². The standard InChI is InChI=1S/C13H16N2/c1-4-12(14)9-11-6-7-13(15-5-2)10(3)8-11/h4-9H,1,14H2,2-3H3/b12-9-,15-5-. The lowest BCUT2D eigenvalue weighted by Gasteiger charge is -2.02. The zero-order valence-corrected chi connectivity index (χ0v) is 9.20. The highest BCUT2D eigenvalue weighted by Crippen LogP contribution is 2.20. The Bertz CT molecular complexity index is 415. The predicted octanol–water partition coefficient (Wildman–Crippen LogP) is 3.20. The summed E-state index contributed by atoms with van der Waals surface area (Å²) < 4.78 is 0. The Labute approximate surface area is 90.8 Å². The van der Waals surface area contributed by atoms with Gasteiger partial charge in [0.25, 0.3) is 0 Å². The van der Waals surface area contributed by atoms with Gasteiger partial charge in [-0.1, -0.05) is 12.6 Å². The molecule has 1 aromatic rings. The lowest BCUT2D eigenvalue weighted by molar-refractivity contribution is 1.38. The second-order valence-corrected chi connectivity index (χ2v) is 3.28. The Balaban J connectivity index is 3.06. The highest BCUT2D eigenvalue weighted by molar-refractivity contribution is 5.65. The normalized spacial score (nSPS) is 12.0. The fraction of sp³-hybridized carbons (Fsp3) is 0.154. The van der Waals surface area contributed by atoms with Crippen LogP contribution in [0.4, 0.5) is 5.69 Å². The van der Waals surface area contributed by atoms with E-state index in [4.69, 9.17) is 5.73 Å². The maximum atomic E-state index is 5.67. The van der Waals surface area contributed by atoms with Crippen molar-refractivity contribution in [1.29, 1.82) is 0 Å². The number of aliphatic imine (C=N–C) groups is 1. The number of nitrogens with two attached hydrogens (primary N) is 1. The van der Waals surface area contributed by atoms with Crippen molar-refractivity contribution in [3.05, 3.63) is 47.7 Å². The fourth-order valence-electron chi connectivity index (χ4n) is 1.30. The summed E-state index contributed by atoms with van der Waals surface area (Å²) in [6.07, 6.45) is 5.31. The van der Waals surface area contributed by atoms with Crippen LogP contribution in [0.1, 0.15) is 18.1 Å². The van der Waals surface area contributed by atoms with E-state index in [1.807, 2.05) is 32.1 Å². The monoisotopic (exact) mass is 200 g/mol. The van der Waals surface area contributed by atoms with Crippen LogP contribution >= 0.6 is 0 Å². The van der Waals surface area contributed by atoms with Gasteiger partial charge < -0.3 is 5.73 Å². The van der Waals surface area contributed by atoms with Crippen LogP contribution in [-0.2, 0) is 0 Å². The average molecular weight is 200 g/mol. The first-order valence-electron chi connectivity index (χ1n) is 4.86. The fourth-order valence-corrected chi connectivity index (χ4v) is 1.30. The molecule has 2 N–H and O–H groups in total. The first-order chi connectivity index (χ1) is 7.17. The van der Waals surface area contributed by atoms with Crippen LogP contribution in [0.3, 0.4) is 0 Å². The van der Waals surface area contributed by atoms with Crippen molar-refractivity contribution in [2.45, 2.75) is 13.8 Å². The molecule has 0 amide bonds. The van der Waals surface area contributed by atoms with Gasteiger partial charge in [0.2, 0.25) is 0 Å². The van der Waals surface area contributed by atoms with E-state index in [0.717, 1.165) is 16.8 Å². The number of rotatable bonds is 3. The molecule has 0 saturated carbocycles. The first-order valence-corrected chi connectivity index (χ1v) is 4.86. The molecule has 1 rings (SSSR count). The summed E-state index contributed by atoms with van der Waals surface area (Å²) in [5.74, 6) is 0. The molecule has 0 aliphatic heterocycles. The Kier molecular flexibility index (Phi) is 3.86. The van der Waals surface area contributed by atoms with E-state index in [1.165, 1.54) is 0 Å². The third-order valence-electron chi connectivity index (χ3n) is 2.06. The van der Waals surface area contributed by atoms with Crippen LogP contribution in [0.5, 0.6) is 0 Å². The molecule has 2 heteroatoms. The van der Waals surface area contributed by atoms with Crippen LogP contribution in [-0.4, -0.2) is 6.21 Å². The van der Waals surface area contributed by atoms with Crippen LogP contribution in [0.25, 0.3) is 6.08 Å². The smallest absolute Gasteiger partial charge is 0.0655 e. The third-order valence-corrected chi connectivity index (χ3v) is 2.06. The van der Waals surface area contributed by atoms with Gasteiger partial charge in [-0.25, -0.2) is 0 Å². The SMILES string of the molecule is C=C/C(N)=C/c1ccc(/N=C\C)c(C)c1. The molecular formula is C13H16N2. The Morgan fingerprint density at radius 3 is 2.73 bits per heavy atom. The third kappa shape index (κ3) is 3.09. The van der Waals surface area contributed by atoms with Gasteiger partial charge in [0.15, 0.2) is 0 Å². The molecular weight excluding hydrogens is 184 g/mol. The number of aryl methyl sites for hydroxylation is 1. The minimum Gasteiger partial charge on any atom is -0.399 e. The van der Waals surface area contributed by atoms with Gasteiger partial charge in [0.1, 0.15) is 0 Å². The topological polar surface area (TPSA) is 38.4 Å². The van der Waals surface area contributed by atoms with Crippen LogP contribution < -0.4 is 5.73 Å². The average Bonchev–Trinajstić information content (AvgIpc) is 2.22. The second kappa shape index (κ2) is 5.15. The number of hydrogen-bond acceptors (Lipinski definition) is 2. The lowest BCUT2D eigenvalue weighted by atomic mass is 10.1. The number of hydrogen-bond donors (Lipinski definition) is 1. The van der Waals surface area contributed by atoms with Crippen molar-refractivity contribution in [3.8, 4) is 0 Å². The van der Waals surface area contributed by atoms with E-state index in [0.29, 0.717) is 5.70 Å². The molecule has 0 atom stereocenters. The molecule has 0 radical (unpaired) electrons. The first kappa shape index (κ1) is 11.2. The van der Waals surface area contributed by atoms with Crippen LogP contribution in [0, 0.1) is 6.92 Å². The number of nitrogens with zero attached hydrogens (tertiary/aromatic N) is 1. The summed E-state index contributed by atoms with van der Waals surface area (Å²) in [7, 11) is 0. The molecule has 0 aromatic heterocycles. The zero-order chi connectivity index (χ0) is 11.3. The molecule has 0 aliphatic carbocycles. The maximum Gasteiger partial charge on any atom is 0.0655 e. The highest BCUT2D eigenvalue weighted by Gasteiger charge is 1.96. The summed E-state index contributed by atoms with van der Waals surface area (Å²) in [5, 5.41) is 0. The van der Waals surface area contributed by atoms with Crippen molar-refractivity contribution in [2.24, 2.45) is 10.7 Å². The van der Waals surface area contributed by atoms with Crippen molar-refractivity contribution in [1.82, 2.24) is 0 Å². The van der Waals surface area contributed by atoms with Crippen molar-refractivity contribution in [3.63, 3.8) is 0 Å². The van der Waals surface area contributed by atoms with Gasteiger partial charge >= 0.3 is 0 Å². The van der Waals surface area contributed by atoms with Gasteiger partial charge in [-0.3, -0.25) is 4.99 Å². The molecule has 0 fully saturated rings. The number of benzene rings is 1. The minimum atomic E-state index is 0.668. The Morgan fingerprint density at radius 2 is 2.20 bits per heavy atom. The van der Waals surface area contributed by atoms with Gasteiger partial charge in [-0.2, -0.15) is 0 Å². The molecule has 0 spiro atoms. The molecule has 2 nitrogen and oxygen atoms in total. The lowest BCUT2D eigenvalue weighted by Crippen LogP contribution is -1.91. The van der Waals surface area contributed by atoms with Crippen molar-refractivity contribution >= 4 is 18.0 Å². The maximum absolute atomic E-state index is 5.67. The quantitative estimate of drug-likeness (QED) is 0.590. The summed E-state index contributed by atoms with van der Waals surface area (Å²) in [6.45, 7) is 7.55. The van der Waals surface area contributed by atoms with Crippen LogP contribution in [0.2, 0.25) is 0 Å². The van der Waals surface area contributed by atoms with E-state index in [2.05, 4.69) is 17.6 Å². The molecule has 0 aliphatic rings. The zero-order valence-electron chi connectivity index (χ0n) is 9.20. The van der Waals surface area contributed by atoms with Crippen molar-refractivity contribution < 1.29 is 0 Å². The molecule has 15 heavy (non-hydrogen) atoms. The largest absolute Gasteiger partial charge is 0.399 e.